The summed E-state index contributed by atoms with van der Waals surface area (Å²) in [7, 11) is 0. The van der Waals surface area contributed by atoms with E-state index in [0.717, 1.165) is 22.9 Å². The fourth-order valence-corrected chi connectivity index (χ4v) is 3.23. The number of anilines is 1. The minimum absolute atomic E-state index is 0.475. The molecule has 0 saturated heterocycles. The van der Waals surface area contributed by atoms with Crippen molar-refractivity contribution in [3.63, 3.8) is 0 Å². The SMILES string of the molecule is Cc1ccc(OCCOc2ccc3ccccc3c2CNc2ccccn2)cc1. The molecule has 1 N–H and O–H groups in total. The minimum Gasteiger partial charge on any atom is -0.490 e. The maximum Gasteiger partial charge on any atom is 0.126 e. The molecule has 0 aliphatic heterocycles. The number of benzene rings is 3. The molecule has 3 aromatic carbocycles. The number of hydrogen-bond acceptors (Lipinski definition) is 4. The smallest absolute Gasteiger partial charge is 0.126 e. The predicted molar refractivity (Wildman–Crippen MR) is 118 cm³/mol. The Hall–Kier alpha value is -3.53. The maximum absolute atomic E-state index is 6.09. The molecule has 4 heteroatoms. The van der Waals surface area contributed by atoms with Gasteiger partial charge in [-0.2, -0.15) is 0 Å². The van der Waals surface area contributed by atoms with Crippen molar-refractivity contribution in [2.75, 3.05) is 18.5 Å². The second-order valence-corrected chi connectivity index (χ2v) is 6.84. The highest BCUT2D eigenvalue weighted by atomic mass is 16.5. The number of nitrogens with zero attached hydrogens (tertiary/aromatic N) is 1. The maximum atomic E-state index is 6.09. The summed E-state index contributed by atoms with van der Waals surface area (Å²) in [5.74, 6) is 2.56. The van der Waals surface area contributed by atoms with Gasteiger partial charge in [-0.15, -0.1) is 0 Å². The molecule has 0 aliphatic rings. The highest BCUT2D eigenvalue weighted by Crippen LogP contribution is 2.29. The van der Waals surface area contributed by atoms with Crippen LogP contribution in [-0.4, -0.2) is 18.2 Å². The van der Waals surface area contributed by atoms with Gasteiger partial charge in [-0.25, -0.2) is 4.98 Å². The summed E-state index contributed by atoms with van der Waals surface area (Å²) in [6.45, 7) is 3.66. The Kier molecular flexibility index (Phi) is 5.91. The van der Waals surface area contributed by atoms with Gasteiger partial charge in [-0.1, -0.05) is 54.1 Å². The third-order valence-corrected chi connectivity index (χ3v) is 4.74. The zero-order chi connectivity index (χ0) is 19.9. The van der Waals surface area contributed by atoms with E-state index in [-0.39, 0.29) is 0 Å². The molecule has 0 unspecified atom stereocenters. The lowest BCUT2D eigenvalue weighted by Gasteiger charge is -2.16. The summed E-state index contributed by atoms with van der Waals surface area (Å²) >= 11 is 0. The van der Waals surface area contributed by atoms with Crippen molar-refractivity contribution in [2.24, 2.45) is 0 Å². The predicted octanol–water partition coefficient (Wildman–Crippen LogP) is 5.61. The highest BCUT2D eigenvalue weighted by Gasteiger charge is 2.09. The lowest BCUT2D eigenvalue weighted by molar-refractivity contribution is 0.216. The molecule has 0 bridgehead atoms. The Morgan fingerprint density at radius 1 is 0.793 bits per heavy atom. The van der Waals surface area contributed by atoms with Crippen LogP contribution >= 0.6 is 0 Å². The summed E-state index contributed by atoms with van der Waals surface area (Å²) in [6.07, 6.45) is 1.78. The number of fused-ring (bicyclic) bond motifs is 1. The molecular formula is C25H24N2O2. The minimum atomic E-state index is 0.475. The van der Waals surface area contributed by atoms with E-state index in [2.05, 4.69) is 41.5 Å². The molecule has 1 heterocycles. The first kappa shape index (κ1) is 18.8. The molecule has 29 heavy (non-hydrogen) atoms. The molecule has 146 valence electrons. The standard InChI is InChI=1S/C25H24N2O2/c1-19-9-12-21(13-10-19)28-16-17-29-24-14-11-20-6-2-3-7-22(20)23(24)18-27-25-8-4-5-15-26-25/h2-15H,16-18H2,1H3,(H,26,27). The number of aromatic nitrogens is 1. The lowest BCUT2D eigenvalue weighted by atomic mass is 10.0. The van der Waals surface area contributed by atoms with Crippen molar-refractivity contribution in [2.45, 2.75) is 13.5 Å². The van der Waals surface area contributed by atoms with Crippen LogP contribution in [0.1, 0.15) is 11.1 Å². The number of hydrogen-bond donors (Lipinski definition) is 1. The van der Waals surface area contributed by atoms with Crippen LogP contribution in [-0.2, 0) is 6.54 Å². The molecule has 0 radical (unpaired) electrons. The molecular weight excluding hydrogens is 360 g/mol. The van der Waals surface area contributed by atoms with Crippen molar-refractivity contribution in [3.8, 4) is 11.5 Å². The Bertz CT molecular complexity index is 1060. The van der Waals surface area contributed by atoms with E-state index in [1.54, 1.807) is 6.20 Å². The Morgan fingerprint density at radius 2 is 1.59 bits per heavy atom. The summed E-state index contributed by atoms with van der Waals surface area (Å²) in [6, 6.07) is 26.4. The quantitative estimate of drug-likeness (QED) is 0.401. The van der Waals surface area contributed by atoms with Crippen molar-refractivity contribution >= 4 is 16.6 Å². The molecule has 4 rings (SSSR count). The number of rotatable bonds is 8. The van der Waals surface area contributed by atoms with Crippen LogP contribution in [0.5, 0.6) is 11.5 Å². The van der Waals surface area contributed by atoms with Gasteiger partial charge in [0.1, 0.15) is 30.5 Å². The van der Waals surface area contributed by atoms with Crippen LogP contribution in [0, 0.1) is 6.92 Å². The third-order valence-electron chi connectivity index (χ3n) is 4.74. The third kappa shape index (κ3) is 4.85. The van der Waals surface area contributed by atoms with Crippen molar-refractivity contribution in [1.82, 2.24) is 4.98 Å². The normalized spacial score (nSPS) is 10.7. The van der Waals surface area contributed by atoms with Gasteiger partial charge in [0.2, 0.25) is 0 Å². The van der Waals surface area contributed by atoms with Gasteiger partial charge in [0.05, 0.1) is 0 Å². The fraction of sp³-hybridized carbons (Fsp3) is 0.160. The average Bonchev–Trinajstić information content (AvgIpc) is 2.77. The average molecular weight is 384 g/mol. The summed E-state index contributed by atoms with van der Waals surface area (Å²) < 4.78 is 11.9. The van der Waals surface area contributed by atoms with Crippen LogP contribution in [0.25, 0.3) is 10.8 Å². The van der Waals surface area contributed by atoms with Crippen LogP contribution in [0.2, 0.25) is 0 Å². The monoisotopic (exact) mass is 384 g/mol. The van der Waals surface area contributed by atoms with E-state index in [1.807, 2.05) is 54.6 Å². The van der Waals surface area contributed by atoms with Gasteiger partial charge in [-0.05, 0) is 48.0 Å². The van der Waals surface area contributed by atoms with Crippen LogP contribution in [0.15, 0.2) is 85.1 Å². The first-order valence-corrected chi connectivity index (χ1v) is 9.77. The number of pyridine rings is 1. The van der Waals surface area contributed by atoms with Gasteiger partial charge >= 0.3 is 0 Å². The molecule has 0 spiro atoms. The molecule has 4 nitrogen and oxygen atoms in total. The van der Waals surface area contributed by atoms with Gasteiger partial charge in [0, 0.05) is 18.3 Å². The molecule has 4 aromatic rings. The second-order valence-electron chi connectivity index (χ2n) is 6.84. The van der Waals surface area contributed by atoms with E-state index in [9.17, 15) is 0 Å². The largest absolute Gasteiger partial charge is 0.490 e. The van der Waals surface area contributed by atoms with Crippen molar-refractivity contribution in [3.05, 3.63) is 96.2 Å². The molecule has 1 aromatic heterocycles. The topological polar surface area (TPSA) is 43.4 Å². The zero-order valence-corrected chi connectivity index (χ0v) is 16.5. The fourth-order valence-electron chi connectivity index (χ4n) is 3.23. The van der Waals surface area contributed by atoms with E-state index >= 15 is 0 Å². The second kappa shape index (κ2) is 9.11. The Labute approximate surface area is 171 Å². The van der Waals surface area contributed by atoms with Gasteiger partial charge < -0.3 is 14.8 Å². The first-order chi connectivity index (χ1) is 14.3. The van der Waals surface area contributed by atoms with Crippen LogP contribution < -0.4 is 14.8 Å². The van der Waals surface area contributed by atoms with Gasteiger partial charge in [-0.3, -0.25) is 0 Å². The molecule has 0 saturated carbocycles. The zero-order valence-electron chi connectivity index (χ0n) is 16.5. The number of aryl methyl sites for hydroxylation is 1. The van der Waals surface area contributed by atoms with Gasteiger partial charge in [0.15, 0.2) is 0 Å². The first-order valence-electron chi connectivity index (χ1n) is 9.77. The van der Waals surface area contributed by atoms with E-state index in [1.165, 1.54) is 16.3 Å². The molecule has 0 fully saturated rings. The highest BCUT2D eigenvalue weighted by molar-refractivity contribution is 5.88. The van der Waals surface area contributed by atoms with Crippen molar-refractivity contribution < 1.29 is 9.47 Å². The summed E-state index contributed by atoms with van der Waals surface area (Å²) in [4.78, 5) is 4.35. The van der Waals surface area contributed by atoms with E-state index < -0.39 is 0 Å². The molecule has 0 atom stereocenters. The number of nitrogens with one attached hydrogen (secondary N) is 1. The van der Waals surface area contributed by atoms with E-state index in [4.69, 9.17) is 9.47 Å². The summed E-state index contributed by atoms with van der Waals surface area (Å²) in [5.41, 5.74) is 2.33. The molecule has 0 amide bonds. The number of ether oxygens (including phenoxy) is 2. The lowest BCUT2D eigenvalue weighted by Crippen LogP contribution is -2.11. The Morgan fingerprint density at radius 3 is 2.41 bits per heavy atom. The Balaban J connectivity index is 1.46. The van der Waals surface area contributed by atoms with Crippen LogP contribution in [0.3, 0.4) is 0 Å². The van der Waals surface area contributed by atoms with Crippen LogP contribution in [0.4, 0.5) is 5.82 Å². The molecule has 0 aliphatic carbocycles. The van der Waals surface area contributed by atoms with Crippen molar-refractivity contribution in [1.29, 1.82) is 0 Å². The summed E-state index contributed by atoms with van der Waals surface area (Å²) in [5, 5.41) is 5.76. The van der Waals surface area contributed by atoms with E-state index in [0.29, 0.717) is 19.8 Å². The van der Waals surface area contributed by atoms with Gasteiger partial charge in [0.25, 0.3) is 0 Å².